The maximum Gasteiger partial charge on any atom is 0.251 e. The zero-order valence-electron chi connectivity index (χ0n) is 14.9. The van der Waals surface area contributed by atoms with Crippen LogP contribution in [0.2, 0.25) is 0 Å². The topological polar surface area (TPSA) is 93.5 Å². The number of nitrogens with zero attached hydrogens (tertiary/aromatic N) is 3. The lowest BCUT2D eigenvalue weighted by Gasteiger charge is -2.45. The summed E-state index contributed by atoms with van der Waals surface area (Å²) in [7, 11) is -3.22. The molecule has 3 heterocycles. The number of piperidine rings is 1. The molecule has 0 aliphatic carbocycles. The molecule has 1 atom stereocenters. The van der Waals surface area contributed by atoms with Crippen LogP contribution in [0.3, 0.4) is 0 Å². The Morgan fingerprint density at radius 1 is 1.44 bits per heavy atom. The zero-order valence-corrected chi connectivity index (χ0v) is 15.8. The van der Waals surface area contributed by atoms with E-state index in [1.165, 1.54) is 10.6 Å². The maximum absolute atomic E-state index is 12.5. The van der Waals surface area contributed by atoms with Crippen molar-refractivity contribution in [3.8, 4) is 0 Å². The lowest BCUT2D eigenvalue weighted by molar-refractivity contribution is -0.170. The minimum Gasteiger partial charge on any atom is -0.354 e. The molecule has 0 radical (unpaired) electrons. The molecular formula is C16H26N4O4S. The molecule has 0 saturated carbocycles. The number of imidazole rings is 1. The number of carbonyl (C=O) groups excluding carboxylic acids is 1. The van der Waals surface area contributed by atoms with Crippen molar-refractivity contribution in [2.75, 3.05) is 25.9 Å². The molecule has 0 unspecified atom stereocenters. The zero-order chi connectivity index (χ0) is 18.2. The SMILES string of the molecule is CC(C)CNC(=O)[C@H]1Cn2ccnc2C2(CCN(S(C)(=O)=O)CC2)O1. The Kier molecular flexibility index (Phi) is 4.91. The van der Waals surface area contributed by atoms with Crippen LogP contribution in [0.4, 0.5) is 0 Å². The Morgan fingerprint density at radius 2 is 2.12 bits per heavy atom. The Bertz CT molecular complexity index is 735. The van der Waals surface area contributed by atoms with Crippen molar-refractivity contribution >= 4 is 15.9 Å². The summed E-state index contributed by atoms with van der Waals surface area (Å²) in [5.74, 6) is 1.02. The van der Waals surface area contributed by atoms with Gasteiger partial charge in [-0.05, 0) is 18.8 Å². The highest BCUT2D eigenvalue weighted by Gasteiger charge is 2.48. The van der Waals surface area contributed by atoms with Gasteiger partial charge in [-0.2, -0.15) is 0 Å². The molecule has 1 aromatic heterocycles. The van der Waals surface area contributed by atoms with E-state index in [2.05, 4.69) is 10.3 Å². The van der Waals surface area contributed by atoms with Crippen molar-refractivity contribution in [1.29, 1.82) is 0 Å². The summed E-state index contributed by atoms with van der Waals surface area (Å²) in [6.07, 6.45) is 5.17. The maximum atomic E-state index is 12.5. The molecule has 1 aromatic rings. The number of sulfonamides is 1. The fourth-order valence-electron chi connectivity index (χ4n) is 3.47. The summed E-state index contributed by atoms with van der Waals surface area (Å²) < 4.78 is 33.2. The molecule has 140 valence electrons. The van der Waals surface area contributed by atoms with E-state index in [4.69, 9.17) is 4.74 Å². The summed E-state index contributed by atoms with van der Waals surface area (Å²) in [5.41, 5.74) is -0.706. The molecule has 0 bridgehead atoms. The molecule has 1 spiro atoms. The van der Waals surface area contributed by atoms with Gasteiger partial charge in [-0.3, -0.25) is 4.79 Å². The fraction of sp³-hybridized carbons (Fsp3) is 0.750. The van der Waals surface area contributed by atoms with Gasteiger partial charge in [-0.1, -0.05) is 13.8 Å². The first-order valence-electron chi connectivity index (χ1n) is 8.63. The Labute approximate surface area is 148 Å². The lowest BCUT2D eigenvalue weighted by Crippen LogP contribution is -2.54. The van der Waals surface area contributed by atoms with E-state index < -0.39 is 21.7 Å². The second kappa shape index (κ2) is 6.69. The van der Waals surface area contributed by atoms with E-state index >= 15 is 0 Å². The second-order valence-corrected chi connectivity index (χ2v) is 9.29. The Morgan fingerprint density at radius 3 is 2.72 bits per heavy atom. The highest BCUT2D eigenvalue weighted by Crippen LogP contribution is 2.40. The van der Waals surface area contributed by atoms with Crippen molar-refractivity contribution < 1.29 is 17.9 Å². The smallest absolute Gasteiger partial charge is 0.251 e. The lowest BCUT2D eigenvalue weighted by atomic mass is 9.89. The van der Waals surface area contributed by atoms with Gasteiger partial charge in [0.2, 0.25) is 10.0 Å². The number of nitrogens with one attached hydrogen (secondary N) is 1. The molecule has 0 aromatic carbocycles. The first-order valence-corrected chi connectivity index (χ1v) is 10.5. The van der Waals surface area contributed by atoms with Gasteiger partial charge in [-0.25, -0.2) is 17.7 Å². The molecular weight excluding hydrogens is 344 g/mol. The third kappa shape index (κ3) is 3.73. The van der Waals surface area contributed by atoms with Gasteiger partial charge in [0.25, 0.3) is 5.91 Å². The molecule has 1 saturated heterocycles. The summed E-state index contributed by atoms with van der Waals surface area (Å²) in [4.78, 5) is 16.9. The fourth-order valence-corrected chi connectivity index (χ4v) is 4.32. The molecule has 9 heteroatoms. The standard InChI is InChI=1S/C16H26N4O4S/c1-12(2)10-18-14(21)13-11-19-9-6-17-15(19)16(24-13)4-7-20(8-5-16)25(3,22)23/h6,9,12-13H,4-5,7-8,10-11H2,1-3H3,(H,18,21)/t13-/m1/s1. The van der Waals surface area contributed by atoms with Crippen LogP contribution in [0, 0.1) is 5.92 Å². The van der Waals surface area contributed by atoms with E-state index in [0.29, 0.717) is 44.9 Å². The van der Waals surface area contributed by atoms with E-state index in [9.17, 15) is 13.2 Å². The minimum atomic E-state index is -3.22. The average Bonchev–Trinajstić information content (AvgIpc) is 3.01. The summed E-state index contributed by atoms with van der Waals surface area (Å²) in [6, 6.07) is 0. The van der Waals surface area contributed by atoms with Gasteiger partial charge in [0.05, 0.1) is 12.8 Å². The van der Waals surface area contributed by atoms with Crippen LogP contribution < -0.4 is 5.32 Å². The van der Waals surface area contributed by atoms with Crippen molar-refractivity contribution in [2.24, 2.45) is 5.92 Å². The van der Waals surface area contributed by atoms with Gasteiger partial charge in [-0.15, -0.1) is 0 Å². The predicted molar refractivity (Wildman–Crippen MR) is 92.3 cm³/mol. The number of ether oxygens (including phenoxy) is 1. The van der Waals surface area contributed by atoms with Crippen molar-refractivity contribution in [3.63, 3.8) is 0 Å². The highest BCUT2D eigenvalue weighted by molar-refractivity contribution is 7.88. The molecule has 2 aliphatic heterocycles. The molecule has 8 nitrogen and oxygen atoms in total. The summed E-state index contributed by atoms with van der Waals surface area (Å²) >= 11 is 0. The van der Waals surface area contributed by atoms with Crippen molar-refractivity contribution in [3.05, 3.63) is 18.2 Å². The third-order valence-electron chi connectivity index (χ3n) is 4.83. The van der Waals surface area contributed by atoms with Crippen LogP contribution in [0.15, 0.2) is 12.4 Å². The van der Waals surface area contributed by atoms with E-state index in [1.54, 1.807) is 6.20 Å². The Hall–Kier alpha value is -1.45. The van der Waals surface area contributed by atoms with Gasteiger partial charge in [0, 0.05) is 32.0 Å². The number of hydrogen-bond acceptors (Lipinski definition) is 5. The van der Waals surface area contributed by atoms with Crippen LogP contribution in [-0.4, -0.2) is 60.2 Å². The molecule has 2 aliphatic rings. The predicted octanol–water partition coefficient (Wildman–Crippen LogP) is 0.305. The summed E-state index contributed by atoms with van der Waals surface area (Å²) in [5, 5.41) is 2.93. The molecule has 25 heavy (non-hydrogen) atoms. The number of rotatable bonds is 4. The van der Waals surface area contributed by atoms with Gasteiger partial charge in [0.15, 0.2) is 6.10 Å². The van der Waals surface area contributed by atoms with Crippen molar-refractivity contribution in [1.82, 2.24) is 19.2 Å². The molecule has 1 N–H and O–H groups in total. The largest absolute Gasteiger partial charge is 0.354 e. The van der Waals surface area contributed by atoms with E-state index in [-0.39, 0.29) is 5.91 Å². The summed E-state index contributed by atoms with van der Waals surface area (Å²) in [6.45, 7) is 5.84. The number of aromatic nitrogens is 2. The van der Waals surface area contributed by atoms with E-state index in [1.807, 2.05) is 24.6 Å². The Balaban J connectivity index is 1.79. The highest BCUT2D eigenvalue weighted by atomic mass is 32.2. The number of fused-ring (bicyclic) bond motifs is 2. The van der Waals surface area contributed by atoms with Gasteiger partial charge < -0.3 is 14.6 Å². The van der Waals surface area contributed by atoms with Gasteiger partial charge in [0.1, 0.15) is 11.4 Å². The van der Waals surface area contributed by atoms with Crippen molar-refractivity contribution in [2.45, 2.75) is 44.9 Å². The molecule has 1 amide bonds. The van der Waals surface area contributed by atoms with Crippen LogP contribution in [0.1, 0.15) is 32.5 Å². The normalized spacial score (nSPS) is 23.6. The average molecular weight is 370 g/mol. The van der Waals surface area contributed by atoms with Crippen LogP contribution >= 0.6 is 0 Å². The quantitative estimate of drug-likeness (QED) is 0.823. The third-order valence-corrected chi connectivity index (χ3v) is 6.13. The molecule has 1 fully saturated rings. The number of hydrogen-bond donors (Lipinski definition) is 1. The molecule has 3 rings (SSSR count). The van der Waals surface area contributed by atoms with Crippen LogP contribution in [-0.2, 0) is 31.7 Å². The number of carbonyl (C=O) groups is 1. The monoisotopic (exact) mass is 370 g/mol. The first-order chi connectivity index (χ1) is 11.7. The van der Waals surface area contributed by atoms with Crippen LogP contribution in [0.25, 0.3) is 0 Å². The second-order valence-electron chi connectivity index (χ2n) is 7.31. The number of amides is 1. The van der Waals surface area contributed by atoms with E-state index in [0.717, 1.165) is 5.82 Å². The van der Waals surface area contributed by atoms with Gasteiger partial charge >= 0.3 is 0 Å². The minimum absolute atomic E-state index is 0.127. The van der Waals surface area contributed by atoms with Crippen LogP contribution in [0.5, 0.6) is 0 Å². The first kappa shape index (κ1) is 18.3.